The molecule has 7 heteroatoms. The second kappa shape index (κ2) is 11.0. The van der Waals surface area contributed by atoms with Crippen molar-refractivity contribution in [3.05, 3.63) is 54.2 Å². The van der Waals surface area contributed by atoms with Gasteiger partial charge in [0.15, 0.2) is 5.96 Å². The summed E-state index contributed by atoms with van der Waals surface area (Å²) in [7, 11) is 0. The third kappa shape index (κ3) is 5.88. The summed E-state index contributed by atoms with van der Waals surface area (Å²) in [6, 6.07) is 12.4. The molecule has 1 aliphatic rings. The Kier molecular flexibility index (Phi) is 7.60. The average Bonchev–Trinajstić information content (AvgIpc) is 3.47. The largest absolute Gasteiger partial charge is 0.468 e. The number of hydrogen-bond donors (Lipinski definition) is 3. The molecule has 0 spiro atoms. The van der Waals surface area contributed by atoms with Gasteiger partial charge in [0.1, 0.15) is 11.6 Å². The Morgan fingerprint density at radius 1 is 1.16 bits per heavy atom. The SMILES string of the molecule is CCNC(=NCC(c1ccco1)N1CCCCC1)NCCCc1nc2ccccc2[nH]1. The first-order valence-electron chi connectivity index (χ1n) is 11.6. The summed E-state index contributed by atoms with van der Waals surface area (Å²) in [5.41, 5.74) is 2.13. The summed E-state index contributed by atoms with van der Waals surface area (Å²) in [4.78, 5) is 15.5. The molecule has 1 atom stereocenters. The van der Waals surface area contributed by atoms with Crippen LogP contribution in [0.5, 0.6) is 0 Å². The summed E-state index contributed by atoms with van der Waals surface area (Å²) in [6.45, 7) is 6.69. The lowest BCUT2D eigenvalue weighted by Crippen LogP contribution is -2.40. The van der Waals surface area contributed by atoms with Gasteiger partial charge in [-0.2, -0.15) is 0 Å². The molecule has 0 amide bonds. The molecule has 2 aromatic heterocycles. The van der Waals surface area contributed by atoms with Crippen molar-refractivity contribution in [3.8, 4) is 0 Å². The first-order chi connectivity index (χ1) is 15.3. The number of H-pyrrole nitrogens is 1. The third-order valence-electron chi connectivity index (χ3n) is 5.79. The molecular weight excluding hydrogens is 388 g/mol. The molecule has 0 radical (unpaired) electrons. The van der Waals surface area contributed by atoms with Gasteiger partial charge in [0.25, 0.3) is 0 Å². The molecule has 0 aliphatic carbocycles. The lowest BCUT2D eigenvalue weighted by Gasteiger charge is -2.32. The fraction of sp³-hybridized carbons (Fsp3) is 0.500. The highest BCUT2D eigenvalue weighted by Crippen LogP contribution is 2.25. The van der Waals surface area contributed by atoms with Crippen molar-refractivity contribution >= 4 is 17.0 Å². The van der Waals surface area contributed by atoms with Gasteiger partial charge >= 0.3 is 0 Å². The van der Waals surface area contributed by atoms with Crippen molar-refractivity contribution in [1.82, 2.24) is 25.5 Å². The van der Waals surface area contributed by atoms with E-state index in [1.807, 2.05) is 24.3 Å². The molecule has 1 unspecified atom stereocenters. The number of guanidine groups is 1. The van der Waals surface area contributed by atoms with E-state index in [9.17, 15) is 0 Å². The minimum Gasteiger partial charge on any atom is -0.468 e. The first-order valence-corrected chi connectivity index (χ1v) is 11.6. The zero-order valence-electron chi connectivity index (χ0n) is 18.4. The molecule has 7 nitrogen and oxygen atoms in total. The molecule has 1 aromatic carbocycles. The number of benzene rings is 1. The second-order valence-corrected chi connectivity index (χ2v) is 8.08. The fourth-order valence-electron chi connectivity index (χ4n) is 4.20. The van der Waals surface area contributed by atoms with Crippen molar-refractivity contribution in [1.29, 1.82) is 0 Å². The highest BCUT2D eigenvalue weighted by molar-refractivity contribution is 5.79. The van der Waals surface area contributed by atoms with Crippen LogP contribution < -0.4 is 10.6 Å². The van der Waals surface area contributed by atoms with Gasteiger partial charge in [0.05, 0.1) is 29.9 Å². The molecule has 0 saturated carbocycles. The Hall–Kier alpha value is -2.80. The third-order valence-corrected chi connectivity index (χ3v) is 5.79. The van der Waals surface area contributed by atoms with Crippen LogP contribution in [-0.4, -0.2) is 53.6 Å². The number of likely N-dealkylation sites (tertiary alicyclic amines) is 1. The van der Waals surface area contributed by atoms with Crippen molar-refractivity contribution in [2.75, 3.05) is 32.7 Å². The van der Waals surface area contributed by atoms with E-state index >= 15 is 0 Å². The first kappa shape index (κ1) is 21.4. The summed E-state index contributed by atoms with van der Waals surface area (Å²) < 4.78 is 5.75. The van der Waals surface area contributed by atoms with Gasteiger partial charge in [0, 0.05) is 19.5 Å². The Morgan fingerprint density at radius 2 is 2.03 bits per heavy atom. The summed E-state index contributed by atoms with van der Waals surface area (Å²) in [5.74, 6) is 2.90. The van der Waals surface area contributed by atoms with Crippen LogP contribution in [0.3, 0.4) is 0 Å². The lowest BCUT2D eigenvalue weighted by molar-refractivity contribution is 0.150. The van der Waals surface area contributed by atoms with Crippen LogP contribution >= 0.6 is 0 Å². The minimum absolute atomic E-state index is 0.196. The fourth-order valence-corrected chi connectivity index (χ4v) is 4.20. The highest BCUT2D eigenvalue weighted by Gasteiger charge is 2.24. The predicted molar refractivity (Wildman–Crippen MR) is 125 cm³/mol. The van der Waals surface area contributed by atoms with E-state index in [2.05, 4.69) is 44.6 Å². The Labute approximate surface area is 184 Å². The maximum atomic E-state index is 5.75. The van der Waals surface area contributed by atoms with Gasteiger partial charge < -0.3 is 20.0 Å². The Bertz CT molecular complexity index is 909. The van der Waals surface area contributed by atoms with Crippen LogP contribution in [0.2, 0.25) is 0 Å². The van der Waals surface area contributed by atoms with Crippen LogP contribution in [-0.2, 0) is 6.42 Å². The zero-order valence-corrected chi connectivity index (χ0v) is 18.4. The quantitative estimate of drug-likeness (QED) is 0.277. The van der Waals surface area contributed by atoms with E-state index < -0.39 is 0 Å². The minimum atomic E-state index is 0.196. The number of nitrogens with zero attached hydrogens (tertiary/aromatic N) is 3. The lowest BCUT2D eigenvalue weighted by atomic mass is 10.1. The van der Waals surface area contributed by atoms with Gasteiger partial charge in [-0.1, -0.05) is 18.6 Å². The second-order valence-electron chi connectivity index (χ2n) is 8.08. The van der Waals surface area contributed by atoms with E-state index in [4.69, 9.17) is 9.41 Å². The molecule has 0 bridgehead atoms. The molecule has 1 fully saturated rings. The number of aliphatic imine (C=N–C) groups is 1. The standard InChI is InChI=1S/C24H34N6O/c1-2-25-24(26-14-8-13-23-28-19-10-4-5-11-20(19)29-23)27-18-21(22-12-9-17-31-22)30-15-6-3-7-16-30/h4-5,9-12,17,21H,2-3,6-8,13-16,18H2,1H3,(H,28,29)(H2,25,26,27). The Balaban J connectivity index is 1.32. The molecule has 166 valence electrons. The van der Waals surface area contributed by atoms with Crippen molar-refractivity contribution in [2.45, 2.75) is 45.1 Å². The van der Waals surface area contributed by atoms with Crippen molar-refractivity contribution in [3.63, 3.8) is 0 Å². The van der Waals surface area contributed by atoms with E-state index in [1.54, 1.807) is 6.26 Å². The molecular formula is C24H34N6O. The van der Waals surface area contributed by atoms with Crippen LogP contribution in [0, 0.1) is 0 Å². The van der Waals surface area contributed by atoms with Gasteiger partial charge in [-0.25, -0.2) is 4.98 Å². The average molecular weight is 423 g/mol. The van der Waals surface area contributed by atoms with Gasteiger partial charge in [-0.15, -0.1) is 0 Å². The van der Waals surface area contributed by atoms with Crippen LogP contribution in [0.1, 0.15) is 50.2 Å². The van der Waals surface area contributed by atoms with Gasteiger partial charge in [-0.3, -0.25) is 9.89 Å². The number of hydrogen-bond acceptors (Lipinski definition) is 4. The summed E-state index contributed by atoms with van der Waals surface area (Å²) >= 11 is 0. The van der Waals surface area contributed by atoms with E-state index in [-0.39, 0.29) is 6.04 Å². The van der Waals surface area contributed by atoms with E-state index in [0.29, 0.717) is 6.54 Å². The number of aromatic nitrogens is 2. The number of piperidine rings is 1. The van der Waals surface area contributed by atoms with Crippen molar-refractivity contribution in [2.24, 2.45) is 4.99 Å². The molecule has 4 rings (SSSR count). The molecule has 31 heavy (non-hydrogen) atoms. The normalized spacial score (nSPS) is 16.5. The molecule has 1 saturated heterocycles. The Morgan fingerprint density at radius 3 is 2.81 bits per heavy atom. The van der Waals surface area contributed by atoms with Crippen molar-refractivity contribution < 1.29 is 4.42 Å². The van der Waals surface area contributed by atoms with Crippen LogP contribution in [0.4, 0.5) is 0 Å². The smallest absolute Gasteiger partial charge is 0.191 e. The monoisotopic (exact) mass is 422 g/mol. The number of aromatic amines is 1. The maximum absolute atomic E-state index is 5.75. The van der Waals surface area contributed by atoms with Gasteiger partial charge in [-0.05, 0) is 63.5 Å². The number of imidazole rings is 1. The molecule has 1 aliphatic heterocycles. The van der Waals surface area contributed by atoms with E-state index in [1.165, 1.54) is 19.3 Å². The number of rotatable bonds is 9. The number of aryl methyl sites for hydroxylation is 1. The van der Waals surface area contributed by atoms with Crippen LogP contribution in [0.25, 0.3) is 11.0 Å². The number of nitrogens with one attached hydrogen (secondary N) is 3. The molecule has 3 aromatic rings. The number of para-hydroxylation sites is 2. The summed E-state index contributed by atoms with van der Waals surface area (Å²) in [5, 5.41) is 6.85. The zero-order chi connectivity index (χ0) is 21.3. The predicted octanol–water partition coefficient (Wildman–Crippen LogP) is 3.87. The molecule has 3 N–H and O–H groups in total. The van der Waals surface area contributed by atoms with E-state index in [0.717, 1.165) is 67.6 Å². The summed E-state index contributed by atoms with van der Waals surface area (Å²) in [6.07, 6.45) is 7.47. The number of fused-ring (bicyclic) bond motifs is 1. The number of furan rings is 1. The maximum Gasteiger partial charge on any atom is 0.191 e. The topological polar surface area (TPSA) is 81.5 Å². The van der Waals surface area contributed by atoms with Gasteiger partial charge in [0.2, 0.25) is 0 Å². The van der Waals surface area contributed by atoms with Crippen LogP contribution in [0.15, 0.2) is 52.1 Å². The highest BCUT2D eigenvalue weighted by atomic mass is 16.3. The molecule has 3 heterocycles.